The van der Waals surface area contributed by atoms with Crippen LogP contribution in [0.5, 0.6) is 5.75 Å². The fourth-order valence-corrected chi connectivity index (χ4v) is 1.32. The van der Waals surface area contributed by atoms with Crippen LogP contribution < -0.4 is 10.3 Å². The molecule has 0 aliphatic rings. The molecule has 17 heavy (non-hydrogen) atoms. The van der Waals surface area contributed by atoms with Crippen molar-refractivity contribution >= 4 is 21.9 Å². The molecule has 1 aromatic rings. The zero-order valence-electron chi connectivity index (χ0n) is 10.1. The second-order valence-electron chi connectivity index (χ2n) is 4.46. The third-order valence-corrected chi connectivity index (χ3v) is 2.17. The molecule has 0 fully saturated rings. The molecule has 0 heterocycles. The second kappa shape index (κ2) is 6.02. The summed E-state index contributed by atoms with van der Waals surface area (Å²) in [5, 5.41) is 0. The molecule has 1 aromatic carbocycles. The summed E-state index contributed by atoms with van der Waals surface area (Å²) < 4.78 is 6.08. The highest BCUT2D eigenvalue weighted by molar-refractivity contribution is 9.10. The first-order chi connectivity index (χ1) is 7.87. The number of carbonyl (C=O) groups is 1. The van der Waals surface area contributed by atoms with Gasteiger partial charge in [0.25, 0.3) is 0 Å². The van der Waals surface area contributed by atoms with Gasteiger partial charge < -0.3 is 9.57 Å². The van der Waals surface area contributed by atoms with Crippen LogP contribution in [-0.2, 0) is 9.53 Å². The van der Waals surface area contributed by atoms with Crippen LogP contribution in [0, 0.1) is 0 Å². The normalized spacial score (nSPS) is 11.1. The minimum Gasteiger partial charge on any atom is -0.459 e. The molecule has 0 saturated carbocycles. The van der Waals surface area contributed by atoms with Gasteiger partial charge in [-0.15, -0.1) is 5.48 Å². The molecule has 0 aliphatic carbocycles. The number of ether oxygens (including phenoxy) is 1. The molecule has 0 radical (unpaired) electrons. The third-order valence-electron chi connectivity index (χ3n) is 1.64. The lowest BCUT2D eigenvalue weighted by Crippen LogP contribution is -2.33. The van der Waals surface area contributed by atoms with Crippen LogP contribution in [0.2, 0.25) is 0 Å². The Bertz CT molecular complexity index is 370. The standard InChI is InChI=1S/C12H16BrNO3/c1-12(2,3)16-11(15)8-14-17-10-6-4-9(13)5-7-10/h4-7,14H,8H2,1-3H3. The lowest BCUT2D eigenvalue weighted by Gasteiger charge is -2.19. The molecular weight excluding hydrogens is 286 g/mol. The van der Waals surface area contributed by atoms with Gasteiger partial charge in [-0.1, -0.05) is 15.9 Å². The predicted molar refractivity (Wildman–Crippen MR) is 68.6 cm³/mol. The lowest BCUT2D eigenvalue weighted by molar-refractivity contribution is -0.155. The number of rotatable bonds is 4. The quantitative estimate of drug-likeness (QED) is 0.686. The van der Waals surface area contributed by atoms with E-state index in [0.29, 0.717) is 5.75 Å². The Hall–Kier alpha value is -1.07. The number of benzene rings is 1. The maximum Gasteiger partial charge on any atom is 0.323 e. The van der Waals surface area contributed by atoms with Crippen LogP contribution >= 0.6 is 15.9 Å². The summed E-state index contributed by atoms with van der Waals surface area (Å²) in [5.41, 5.74) is 2.08. The summed E-state index contributed by atoms with van der Waals surface area (Å²) in [6, 6.07) is 7.27. The first-order valence-corrected chi connectivity index (χ1v) is 6.03. The van der Waals surface area contributed by atoms with Crippen molar-refractivity contribution in [2.75, 3.05) is 6.54 Å². The Morgan fingerprint density at radius 3 is 2.41 bits per heavy atom. The van der Waals surface area contributed by atoms with Crippen molar-refractivity contribution in [1.82, 2.24) is 5.48 Å². The molecule has 0 amide bonds. The fraction of sp³-hybridized carbons (Fsp3) is 0.417. The predicted octanol–water partition coefficient (Wildman–Crippen LogP) is 2.67. The number of nitrogens with one attached hydrogen (secondary N) is 1. The molecule has 1 rings (SSSR count). The summed E-state index contributed by atoms with van der Waals surface area (Å²) >= 11 is 3.32. The highest BCUT2D eigenvalue weighted by Crippen LogP contribution is 2.15. The summed E-state index contributed by atoms with van der Waals surface area (Å²) in [6.07, 6.45) is 0. The molecule has 5 heteroatoms. The Morgan fingerprint density at radius 1 is 1.29 bits per heavy atom. The van der Waals surface area contributed by atoms with E-state index in [-0.39, 0.29) is 12.5 Å². The average Bonchev–Trinajstić information content (AvgIpc) is 2.18. The summed E-state index contributed by atoms with van der Waals surface area (Å²) in [5.74, 6) is 0.284. The van der Waals surface area contributed by atoms with Gasteiger partial charge in [0, 0.05) is 4.47 Å². The maximum atomic E-state index is 11.3. The van der Waals surface area contributed by atoms with E-state index in [2.05, 4.69) is 21.4 Å². The summed E-state index contributed by atoms with van der Waals surface area (Å²) in [6.45, 7) is 5.47. The van der Waals surface area contributed by atoms with E-state index in [9.17, 15) is 4.79 Å². The van der Waals surface area contributed by atoms with Gasteiger partial charge in [-0.25, -0.2) is 0 Å². The summed E-state index contributed by atoms with van der Waals surface area (Å²) in [4.78, 5) is 16.5. The summed E-state index contributed by atoms with van der Waals surface area (Å²) in [7, 11) is 0. The van der Waals surface area contributed by atoms with Gasteiger partial charge in [-0.3, -0.25) is 4.79 Å². The van der Waals surface area contributed by atoms with Crippen molar-refractivity contribution < 1.29 is 14.4 Å². The third kappa shape index (κ3) is 6.28. The van der Waals surface area contributed by atoms with Crippen molar-refractivity contribution in [2.24, 2.45) is 0 Å². The van der Waals surface area contributed by atoms with Gasteiger partial charge in [-0.05, 0) is 45.0 Å². The molecule has 4 nitrogen and oxygen atoms in total. The molecule has 0 aliphatic heterocycles. The fourth-order valence-electron chi connectivity index (χ4n) is 1.06. The van der Waals surface area contributed by atoms with E-state index in [4.69, 9.17) is 9.57 Å². The smallest absolute Gasteiger partial charge is 0.323 e. The van der Waals surface area contributed by atoms with Crippen molar-refractivity contribution in [3.63, 3.8) is 0 Å². The zero-order valence-corrected chi connectivity index (χ0v) is 11.7. The van der Waals surface area contributed by atoms with Gasteiger partial charge in [0.1, 0.15) is 17.9 Å². The van der Waals surface area contributed by atoms with Gasteiger partial charge in [0.2, 0.25) is 0 Å². The molecule has 94 valence electrons. The molecule has 0 saturated heterocycles. The minimum absolute atomic E-state index is 0.00728. The second-order valence-corrected chi connectivity index (χ2v) is 5.38. The Balaban J connectivity index is 2.28. The average molecular weight is 302 g/mol. The van der Waals surface area contributed by atoms with Gasteiger partial charge in [0.05, 0.1) is 0 Å². The number of esters is 1. The van der Waals surface area contributed by atoms with E-state index in [1.165, 1.54) is 0 Å². The van der Waals surface area contributed by atoms with Crippen molar-refractivity contribution in [2.45, 2.75) is 26.4 Å². The van der Waals surface area contributed by atoms with Gasteiger partial charge >= 0.3 is 5.97 Å². The molecule has 0 spiro atoms. The Morgan fingerprint density at radius 2 is 1.88 bits per heavy atom. The van der Waals surface area contributed by atoms with E-state index in [0.717, 1.165) is 4.47 Å². The first-order valence-electron chi connectivity index (χ1n) is 5.24. The van der Waals surface area contributed by atoms with Gasteiger partial charge in [-0.2, -0.15) is 0 Å². The Labute approximate surface area is 109 Å². The monoisotopic (exact) mass is 301 g/mol. The largest absolute Gasteiger partial charge is 0.459 e. The van der Waals surface area contributed by atoms with E-state index in [1.807, 2.05) is 32.9 Å². The van der Waals surface area contributed by atoms with Crippen molar-refractivity contribution in [1.29, 1.82) is 0 Å². The van der Waals surface area contributed by atoms with E-state index < -0.39 is 5.60 Å². The highest BCUT2D eigenvalue weighted by Gasteiger charge is 2.15. The van der Waals surface area contributed by atoms with Crippen LogP contribution in [0.1, 0.15) is 20.8 Å². The molecule has 1 N–H and O–H groups in total. The maximum absolute atomic E-state index is 11.3. The molecule has 0 unspecified atom stereocenters. The number of hydrogen-bond acceptors (Lipinski definition) is 4. The van der Waals surface area contributed by atoms with Crippen LogP contribution in [0.25, 0.3) is 0 Å². The number of hydrogen-bond donors (Lipinski definition) is 1. The topological polar surface area (TPSA) is 47.6 Å². The Kier molecular flexibility index (Phi) is 4.96. The van der Waals surface area contributed by atoms with Gasteiger partial charge in [0.15, 0.2) is 0 Å². The minimum atomic E-state index is -0.476. The lowest BCUT2D eigenvalue weighted by atomic mass is 10.2. The molecular formula is C12H16BrNO3. The molecule has 0 aromatic heterocycles. The molecule has 0 atom stereocenters. The van der Waals surface area contributed by atoms with Crippen LogP contribution in [0.3, 0.4) is 0 Å². The van der Waals surface area contributed by atoms with Crippen LogP contribution in [0.4, 0.5) is 0 Å². The number of halogens is 1. The van der Waals surface area contributed by atoms with Crippen LogP contribution in [0.15, 0.2) is 28.7 Å². The van der Waals surface area contributed by atoms with Crippen LogP contribution in [-0.4, -0.2) is 18.1 Å². The number of hydroxylamine groups is 1. The van der Waals surface area contributed by atoms with Crippen molar-refractivity contribution in [3.8, 4) is 5.75 Å². The van der Waals surface area contributed by atoms with Crippen molar-refractivity contribution in [3.05, 3.63) is 28.7 Å². The van der Waals surface area contributed by atoms with E-state index >= 15 is 0 Å². The first kappa shape index (κ1) is 14.0. The zero-order chi connectivity index (χ0) is 12.9. The number of carbonyl (C=O) groups excluding carboxylic acids is 1. The SMILES string of the molecule is CC(C)(C)OC(=O)CNOc1ccc(Br)cc1. The van der Waals surface area contributed by atoms with E-state index in [1.54, 1.807) is 12.1 Å². The molecule has 0 bridgehead atoms. The highest BCUT2D eigenvalue weighted by atomic mass is 79.9.